The van der Waals surface area contributed by atoms with Crippen molar-refractivity contribution in [1.29, 1.82) is 0 Å². The van der Waals surface area contributed by atoms with Crippen LogP contribution in [0.3, 0.4) is 0 Å². The van der Waals surface area contributed by atoms with E-state index in [1.807, 2.05) is 0 Å². The molecule has 1 aliphatic rings. The summed E-state index contributed by atoms with van der Waals surface area (Å²) in [7, 11) is 0. The number of benzene rings is 1. The minimum absolute atomic E-state index is 0. The third-order valence-electron chi connectivity index (χ3n) is 1.95. The Morgan fingerprint density at radius 2 is 1.77 bits per heavy atom. The molecule has 0 saturated heterocycles. The molecule has 13 heavy (non-hydrogen) atoms. The Balaban J connectivity index is 0. The van der Waals surface area contributed by atoms with Crippen LogP contribution in [-0.2, 0) is 25.8 Å². The van der Waals surface area contributed by atoms with Crippen LogP contribution in [0.4, 0.5) is 0 Å². The molecule has 70 valence electrons. The fourth-order valence-corrected chi connectivity index (χ4v) is 1.34. The Morgan fingerprint density at radius 3 is 2.38 bits per heavy atom. The predicted molar refractivity (Wildman–Crippen MR) is 42.6 cm³/mol. The van der Waals surface area contributed by atoms with Crippen LogP contribution < -0.4 is 34.0 Å². The van der Waals surface area contributed by atoms with E-state index in [1.165, 1.54) is 11.1 Å². The van der Waals surface area contributed by atoms with Gasteiger partial charge in [0.1, 0.15) is 0 Å². The normalized spacial score (nSPS) is 16.2. The third-order valence-corrected chi connectivity index (χ3v) is 1.95. The van der Waals surface area contributed by atoms with Crippen LogP contribution in [0.1, 0.15) is 24.0 Å². The maximum absolute atomic E-state index is 3.26. The molecule has 0 saturated carbocycles. The molecule has 1 atom stereocenters. The van der Waals surface area contributed by atoms with E-state index in [9.17, 15) is 0 Å². The van der Waals surface area contributed by atoms with Crippen molar-refractivity contribution in [2.24, 2.45) is 0 Å². The summed E-state index contributed by atoms with van der Waals surface area (Å²) < 4.78 is 0. The molecule has 3 heteroatoms. The summed E-state index contributed by atoms with van der Waals surface area (Å²) in [6.45, 7) is 2.17. The molecular formula is C10H9Br2Hf-3. The average molecular weight is 467 g/mol. The van der Waals surface area contributed by atoms with E-state index < -0.39 is 0 Å². The van der Waals surface area contributed by atoms with Gasteiger partial charge in [0.15, 0.2) is 0 Å². The summed E-state index contributed by atoms with van der Waals surface area (Å²) in [5.74, 6) is 0.496. The van der Waals surface area contributed by atoms with E-state index in [0.29, 0.717) is 5.92 Å². The molecule has 0 radical (unpaired) electrons. The zero-order valence-electron chi connectivity index (χ0n) is 7.22. The van der Waals surface area contributed by atoms with Crippen LogP contribution in [0.2, 0.25) is 0 Å². The number of fused-ring (bicyclic) bond motifs is 1. The van der Waals surface area contributed by atoms with Gasteiger partial charge in [-0.05, 0) is 0 Å². The molecule has 0 aliphatic heterocycles. The molecule has 0 spiro atoms. The van der Waals surface area contributed by atoms with E-state index in [-0.39, 0.29) is 59.8 Å². The van der Waals surface area contributed by atoms with E-state index in [4.69, 9.17) is 0 Å². The van der Waals surface area contributed by atoms with Gasteiger partial charge in [-0.2, -0.15) is 5.56 Å². The van der Waals surface area contributed by atoms with E-state index >= 15 is 0 Å². The van der Waals surface area contributed by atoms with Crippen molar-refractivity contribution in [3.05, 3.63) is 41.5 Å². The summed E-state index contributed by atoms with van der Waals surface area (Å²) in [4.78, 5) is 0. The van der Waals surface area contributed by atoms with Crippen molar-refractivity contribution in [2.45, 2.75) is 12.8 Å². The van der Waals surface area contributed by atoms with Crippen LogP contribution in [0.5, 0.6) is 0 Å². The monoisotopic (exact) mass is 467 g/mol. The van der Waals surface area contributed by atoms with Crippen molar-refractivity contribution in [3.8, 4) is 0 Å². The molecule has 2 rings (SSSR count). The van der Waals surface area contributed by atoms with Crippen molar-refractivity contribution in [3.63, 3.8) is 0 Å². The molecule has 0 nitrogen and oxygen atoms in total. The first kappa shape index (κ1) is 16.2. The third kappa shape index (κ3) is 3.45. The van der Waals surface area contributed by atoms with Gasteiger partial charge in [0, 0.05) is 25.8 Å². The molecule has 1 unspecified atom stereocenters. The first-order valence-corrected chi connectivity index (χ1v) is 3.56. The van der Waals surface area contributed by atoms with Crippen molar-refractivity contribution >= 4 is 6.08 Å². The molecule has 0 N–H and O–H groups in total. The second-order valence-electron chi connectivity index (χ2n) is 2.66. The molecule has 1 aliphatic carbocycles. The Hall–Kier alpha value is 0.790. The molecule has 0 fully saturated rings. The first-order chi connectivity index (χ1) is 4.88. The molecule has 0 amide bonds. The SMILES string of the molecule is CC1[C-]=Cc2ccccc21.[Br-].[Br-].[Hf]. The van der Waals surface area contributed by atoms with Gasteiger partial charge < -0.3 is 34.0 Å². The summed E-state index contributed by atoms with van der Waals surface area (Å²) in [6.07, 6.45) is 5.33. The molecular weight excluding hydrogens is 458 g/mol. The van der Waals surface area contributed by atoms with Gasteiger partial charge in [-0.1, -0.05) is 31.0 Å². The zero-order valence-corrected chi connectivity index (χ0v) is 14.0. The second kappa shape index (κ2) is 7.13. The maximum atomic E-state index is 3.26. The zero-order chi connectivity index (χ0) is 6.97. The Morgan fingerprint density at radius 1 is 1.15 bits per heavy atom. The maximum Gasteiger partial charge on any atom is 0 e. The second-order valence-corrected chi connectivity index (χ2v) is 2.66. The van der Waals surface area contributed by atoms with Crippen LogP contribution >= 0.6 is 0 Å². The van der Waals surface area contributed by atoms with E-state index in [2.05, 4.69) is 43.3 Å². The molecule has 0 heterocycles. The van der Waals surface area contributed by atoms with Crippen molar-refractivity contribution < 1.29 is 59.8 Å². The predicted octanol–water partition coefficient (Wildman–Crippen LogP) is -3.37. The van der Waals surface area contributed by atoms with Gasteiger partial charge in [0.2, 0.25) is 0 Å². The van der Waals surface area contributed by atoms with E-state index in [0.717, 1.165) is 0 Å². The van der Waals surface area contributed by atoms with Gasteiger partial charge in [0.05, 0.1) is 0 Å². The fourth-order valence-electron chi connectivity index (χ4n) is 1.34. The van der Waals surface area contributed by atoms with Gasteiger partial charge in [0.25, 0.3) is 0 Å². The molecule has 1 aromatic rings. The Kier molecular flexibility index (Phi) is 8.90. The van der Waals surface area contributed by atoms with Crippen molar-refractivity contribution in [1.82, 2.24) is 0 Å². The number of hydrogen-bond acceptors (Lipinski definition) is 0. The van der Waals surface area contributed by atoms with E-state index in [1.54, 1.807) is 0 Å². The van der Waals surface area contributed by atoms with Gasteiger partial charge in [-0.3, -0.25) is 6.08 Å². The van der Waals surface area contributed by atoms with Crippen LogP contribution in [0.25, 0.3) is 6.08 Å². The number of halogens is 2. The minimum atomic E-state index is 0. The van der Waals surface area contributed by atoms with Gasteiger partial charge in [-0.15, -0.1) is 11.6 Å². The average Bonchev–Trinajstić information content (AvgIpc) is 2.34. The largest absolute Gasteiger partial charge is 1.00 e. The Labute approximate surface area is 119 Å². The van der Waals surface area contributed by atoms with Crippen LogP contribution in [0.15, 0.2) is 24.3 Å². The fraction of sp³-hybridized carbons (Fsp3) is 0.200. The quantitative estimate of drug-likeness (QED) is 0.276. The molecule has 0 bridgehead atoms. The number of rotatable bonds is 0. The summed E-state index contributed by atoms with van der Waals surface area (Å²) in [5, 5.41) is 0. The number of hydrogen-bond donors (Lipinski definition) is 0. The summed E-state index contributed by atoms with van der Waals surface area (Å²) in [5.41, 5.74) is 2.73. The first-order valence-electron chi connectivity index (χ1n) is 3.56. The smallest absolute Gasteiger partial charge is 0 e. The van der Waals surface area contributed by atoms with Crippen molar-refractivity contribution in [2.75, 3.05) is 0 Å². The standard InChI is InChI=1S/C10H9.2BrH.Hf/c1-8-6-7-9-4-2-3-5-10(8)9;;;/h2-5,7-8H,1H3;2*1H;/q-1;;;/p-2. The van der Waals surface area contributed by atoms with Crippen LogP contribution in [-0.4, -0.2) is 0 Å². The molecule has 0 aromatic heterocycles. The van der Waals surface area contributed by atoms with Gasteiger partial charge >= 0.3 is 0 Å². The Bertz CT molecular complexity index is 284. The number of allylic oxidation sites excluding steroid dienone is 1. The van der Waals surface area contributed by atoms with Crippen LogP contribution in [0, 0.1) is 6.08 Å². The van der Waals surface area contributed by atoms with Gasteiger partial charge in [-0.25, -0.2) is 6.08 Å². The topological polar surface area (TPSA) is 0 Å². The summed E-state index contributed by atoms with van der Waals surface area (Å²) in [6, 6.07) is 8.44. The minimum Gasteiger partial charge on any atom is -1.00 e. The molecule has 1 aromatic carbocycles. The summed E-state index contributed by atoms with van der Waals surface area (Å²) >= 11 is 0.